The molecule has 31 heavy (non-hydrogen) atoms. The van der Waals surface area contributed by atoms with Crippen LogP contribution in [0.2, 0.25) is 0 Å². The summed E-state index contributed by atoms with van der Waals surface area (Å²) in [6.07, 6.45) is 0. The van der Waals surface area contributed by atoms with Crippen LogP contribution in [0, 0.1) is 13.8 Å². The second-order valence-electron chi connectivity index (χ2n) is 7.31. The van der Waals surface area contributed by atoms with Crippen molar-refractivity contribution >= 4 is 11.9 Å². The molecule has 7 heteroatoms. The van der Waals surface area contributed by atoms with Crippen LogP contribution in [0.4, 0.5) is 0 Å². The monoisotopic (exact) mass is 418 g/mol. The Balaban J connectivity index is 1.64. The fraction of sp³-hybridized carbons (Fsp3) is 0.292. The highest BCUT2D eigenvalue weighted by Gasteiger charge is 2.10. The van der Waals surface area contributed by atoms with Crippen LogP contribution in [-0.2, 0) is 13.1 Å². The van der Waals surface area contributed by atoms with Crippen LogP contribution in [0.1, 0.15) is 39.8 Å². The standard InChI is InChI=1S/C24H30N6O/c1-5-26-23(31)20-11-8-9-19(14-20)15-27-24(25-4)28-16-21-10-6-7-12-22(21)30-18(3)13-17(2)29-30/h6-14H,5,15-16H2,1-4H3,(H,26,31)(H2,25,27,28). The third-order valence-electron chi connectivity index (χ3n) is 4.89. The molecule has 0 saturated carbocycles. The fourth-order valence-electron chi connectivity index (χ4n) is 3.41. The number of nitrogens with one attached hydrogen (secondary N) is 3. The molecule has 3 rings (SSSR count). The Morgan fingerprint density at radius 3 is 2.48 bits per heavy atom. The van der Waals surface area contributed by atoms with E-state index >= 15 is 0 Å². The van der Waals surface area contributed by atoms with Gasteiger partial charge in [0.1, 0.15) is 0 Å². The van der Waals surface area contributed by atoms with Crippen molar-refractivity contribution in [2.45, 2.75) is 33.9 Å². The van der Waals surface area contributed by atoms with Gasteiger partial charge in [-0.2, -0.15) is 5.10 Å². The Morgan fingerprint density at radius 1 is 1.00 bits per heavy atom. The van der Waals surface area contributed by atoms with E-state index in [0.29, 0.717) is 31.2 Å². The fourth-order valence-corrected chi connectivity index (χ4v) is 3.41. The van der Waals surface area contributed by atoms with E-state index in [1.807, 2.05) is 54.9 Å². The first kappa shape index (κ1) is 22.1. The molecule has 2 aromatic carbocycles. The summed E-state index contributed by atoms with van der Waals surface area (Å²) in [5.41, 5.74) is 5.92. The number of amides is 1. The molecule has 0 atom stereocenters. The second-order valence-corrected chi connectivity index (χ2v) is 7.31. The van der Waals surface area contributed by atoms with Gasteiger partial charge in [-0.3, -0.25) is 9.79 Å². The number of carbonyl (C=O) groups excluding carboxylic acids is 1. The van der Waals surface area contributed by atoms with Crippen molar-refractivity contribution in [3.63, 3.8) is 0 Å². The highest BCUT2D eigenvalue weighted by molar-refractivity contribution is 5.94. The topological polar surface area (TPSA) is 83.3 Å². The molecule has 0 spiro atoms. The number of aryl methyl sites for hydroxylation is 2. The van der Waals surface area contributed by atoms with Crippen LogP contribution < -0.4 is 16.0 Å². The summed E-state index contributed by atoms with van der Waals surface area (Å²) in [6.45, 7) is 7.73. The summed E-state index contributed by atoms with van der Waals surface area (Å²) >= 11 is 0. The zero-order valence-electron chi connectivity index (χ0n) is 18.6. The lowest BCUT2D eigenvalue weighted by atomic mass is 10.1. The number of guanidine groups is 1. The van der Waals surface area contributed by atoms with Gasteiger partial charge in [-0.25, -0.2) is 4.68 Å². The number of para-hydroxylation sites is 1. The van der Waals surface area contributed by atoms with Crippen LogP contribution in [0.5, 0.6) is 0 Å². The maximum absolute atomic E-state index is 12.1. The number of carbonyl (C=O) groups is 1. The van der Waals surface area contributed by atoms with E-state index in [2.05, 4.69) is 51.2 Å². The summed E-state index contributed by atoms with van der Waals surface area (Å²) in [5, 5.41) is 14.1. The molecule has 0 aliphatic heterocycles. The predicted octanol–water partition coefficient (Wildman–Crippen LogP) is 3.10. The van der Waals surface area contributed by atoms with E-state index in [4.69, 9.17) is 0 Å². The third-order valence-corrected chi connectivity index (χ3v) is 4.89. The number of benzene rings is 2. The van der Waals surface area contributed by atoms with E-state index in [0.717, 1.165) is 28.2 Å². The van der Waals surface area contributed by atoms with Crippen molar-refractivity contribution < 1.29 is 4.79 Å². The molecule has 3 aromatic rings. The van der Waals surface area contributed by atoms with Crippen molar-refractivity contribution in [3.05, 3.63) is 82.7 Å². The smallest absolute Gasteiger partial charge is 0.251 e. The van der Waals surface area contributed by atoms with Gasteiger partial charge in [-0.1, -0.05) is 30.3 Å². The maximum atomic E-state index is 12.1. The molecule has 1 aromatic heterocycles. The lowest BCUT2D eigenvalue weighted by Crippen LogP contribution is -2.36. The number of rotatable bonds is 7. The number of aliphatic imine (C=N–C) groups is 1. The van der Waals surface area contributed by atoms with Crippen molar-refractivity contribution in [1.82, 2.24) is 25.7 Å². The largest absolute Gasteiger partial charge is 0.352 e. The molecular weight excluding hydrogens is 388 g/mol. The quantitative estimate of drug-likeness (QED) is 0.407. The van der Waals surface area contributed by atoms with Crippen LogP contribution in [0.15, 0.2) is 59.6 Å². The van der Waals surface area contributed by atoms with Gasteiger partial charge >= 0.3 is 0 Å². The van der Waals surface area contributed by atoms with E-state index in [-0.39, 0.29) is 5.91 Å². The van der Waals surface area contributed by atoms with Gasteiger partial charge in [-0.15, -0.1) is 0 Å². The Morgan fingerprint density at radius 2 is 1.77 bits per heavy atom. The average Bonchev–Trinajstić information content (AvgIpc) is 3.12. The number of hydrogen-bond donors (Lipinski definition) is 3. The molecule has 0 radical (unpaired) electrons. The molecule has 0 saturated heterocycles. The van der Waals surface area contributed by atoms with E-state index < -0.39 is 0 Å². The molecule has 1 heterocycles. The SMILES string of the molecule is CCNC(=O)c1cccc(CNC(=NC)NCc2ccccc2-n2nc(C)cc2C)c1. The van der Waals surface area contributed by atoms with Crippen molar-refractivity contribution in [3.8, 4) is 5.69 Å². The predicted molar refractivity (Wildman–Crippen MR) is 125 cm³/mol. The third kappa shape index (κ3) is 5.72. The first-order valence-corrected chi connectivity index (χ1v) is 10.4. The van der Waals surface area contributed by atoms with Gasteiger partial charge in [0.15, 0.2) is 5.96 Å². The van der Waals surface area contributed by atoms with E-state index in [1.165, 1.54) is 0 Å². The first-order valence-electron chi connectivity index (χ1n) is 10.4. The summed E-state index contributed by atoms with van der Waals surface area (Å²) in [7, 11) is 1.74. The van der Waals surface area contributed by atoms with Crippen LogP contribution >= 0.6 is 0 Å². The van der Waals surface area contributed by atoms with Crippen LogP contribution in [-0.4, -0.2) is 35.2 Å². The zero-order valence-corrected chi connectivity index (χ0v) is 18.6. The molecule has 3 N–H and O–H groups in total. The van der Waals surface area contributed by atoms with Crippen molar-refractivity contribution in [2.75, 3.05) is 13.6 Å². The lowest BCUT2D eigenvalue weighted by Gasteiger charge is -2.15. The number of hydrogen-bond acceptors (Lipinski definition) is 3. The van der Waals surface area contributed by atoms with Crippen LogP contribution in [0.3, 0.4) is 0 Å². The molecule has 0 unspecified atom stereocenters. The minimum atomic E-state index is -0.0624. The molecule has 0 aliphatic carbocycles. The lowest BCUT2D eigenvalue weighted by molar-refractivity contribution is 0.0955. The molecule has 1 amide bonds. The Kier molecular flexibility index (Phi) is 7.43. The van der Waals surface area contributed by atoms with Crippen molar-refractivity contribution in [1.29, 1.82) is 0 Å². The second kappa shape index (κ2) is 10.4. The summed E-state index contributed by atoms with van der Waals surface area (Å²) < 4.78 is 1.97. The number of nitrogens with zero attached hydrogens (tertiary/aromatic N) is 3. The molecular formula is C24H30N6O. The molecule has 7 nitrogen and oxygen atoms in total. The highest BCUT2D eigenvalue weighted by atomic mass is 16.1. The Labute approximate surface area is 183 Å². The molecule has 162 valence electrons. The van der Waals surface area contributed by atoms with Gasteiger partial charge in [0.25, 0.3) is 5.91 Å². The Bertz CT molecular complexity index is 1070. The summed E-state index contributed by atoms with van der Waals surface area (Å²) in [5.74, 6) is 0.624. The average molecular weight is 419 g/mol. The van der Waals surface area contributed by atoms with Gasteiger partial charge < -0.3 is 16.0 Å². The van der Waals surface area contributed by atoms with E-state index in [9.17, 15) is 4.79 Å². The minimum absolute atomic E-state index is 0.0624. The van der Waals surface area contributed by atoms with Gasteiger partial charge in [0.2, 0.25) is 0 Å². The van der Waals surface area contributed by atoms with Gasteiger partial charge in [0, 0.05) is 37.9 Å². The molecule has 0 bridgehead atoms. The molecule has 0 fully saturated rings. The first-order chi connectivity index (χ1) is 15.0. The maximum Gasteiger partial charge on any atom is 0.251 e. The summed E-state index contributed by atoms with van der Waals surface area (Å²) in [4.78, 5) is 16.4. The van der Waals surface area contributed by atoms with Gasteiger partial charge in [0.05, 0.1) is 11.4 Å². The Hall–Kier alpha value is -3.61. The minimum Gasteiger partial charge on any atom is -0.352 e. The van der Waals surface area contributed by atoms with Crippen molar-refractivity contribution in [2.24, 2.45) is 4.99 Å². The normalized spacial score (nSPS) is 11.3. The van der Waals surface area contributed by atoms with E-state index in [1.54, 1.807) is 7.05 Å². The molecule has 0 aliphatic rings. The number of aromatic nitrogens is 2. The summed E-state index contributed by atoms with van der Waals surface area (Å²) in [6, 6.07) is 17.9. The zero-order chi connectivity index (χ0) is 22.2. The van der Waals surface area contributed by atoms with Crippen LogP contribution in [0.25, 0.3) is 5.69 Å². The van der Waals surface area contributed by atoms with Gasteiger partial charge in [-0.05, 0) is 56.2 Å². The highest BCUT2D eigenvalue weighted by Crippen LogP contribution is 2.17.